The van der Waals surface area contributed by atoms with Gasteiger partial charge in [0.1, 0.15) is 6.33 Å². The van der Waals surface area contributed by atoms with Crippen molar-refractivity contribution < 1.29 is 4.79 Å². The fourth-order valence-electron chi connectivity index (χ4n) is 1.62. The molecule has 0 bridgehead atoms. The van der Waals surface area contributed by atoms with E-state index in [2.05, 4.69) is 10.1 Å². The first kappa shape index (κ1) is 8.87. The Kier molecular flexibility index (Phi) is 1.84. The van der Waals surface area contributed by atoms with Crippen LogP contribution in [0.3, 0.4) is 0 Å². The van der Waals surface area contributed by atoms with Crippen molar-refractivity contribution >= 4 is 11.3 Å². The molecule has 2 aromatic rings. The second-order valence-corrected chi connectivity index (χ2v) is 3.36. The van der Waals surface area contributed by atoms with Crippen LogP contribution in [-0.4, -0.2) is 20.4 Å². The van der Waals surface area contributed by atoms with E-state index in [0.717, 1.165) is 16.9 Å². The van der Waals surface area contributed by atoms with E-state index in [1.807, 2.05) is 19.9 Å². The van der Waals surface area contributed by atoms with Crippen molar-refractivity contribution in [3.8, 4) is 0 Å². The van der Waals surface area contributed by atoms with Crippen molar-refractivity contribution in [1.29, 1.82) is 0 Å². The predicted molar refractivity (Wildman–Crippen MR) is 52.5 cm³/mol. The van der Waals surface area contributed by atoms with E-state index in [1.54, 1.807) is 11.4 Å². The monoisotopic (exact) mass is 189 g/mol. The molecule has 0 atom stereocenters. The highest BCUT2D eigenvalue weighted by atomic mass is 16.1. The lowest BCUT2D eigenvalue weighted by Crippen LogP contribution is -1.99. The van der Waals surface area contributed by atoms with E-state index in [9.17, 15) is 4.79 Å². The van der Waals surface area contributed by atoms with Gasteiger partial charge in [0.15, 0.2) is 5.78 Å². The molecule has 4 nitrogen and oxygen atoms in total. The molecular weight excluding hydrogens is 178 g/mol. The van der Waals surface area contributed by atoms with Gasteiger partial charge in [0.05, 0.1) is 11.2 Å². The summed E-state index contributed by atoms with van der Waals surface area (Å²) >= 11 is 0. The number of hydrogen-bond donors (Lipinski definition) is 0. The molecule has 0 N–H and O–H groups in total. The Morgan fingerprint density at radius 3 is 2.79 bits per heavy atom. The number of rotatable bonds is 1. The highest BCUT2D eigenvalue weighted by molar-refractivity contribution is 6.01. The van der Waals surface area contributed by atoms with Gasteiger partial charge in [-0.15, -0.1) is 0 Å². The van der Waals surface area contributed by atoms with E-state index in [0.29, 0.717) is 5.56 Å². The molecule has 2 rings (SSSR count). The minimum Gasteiger partial charge on any atom is -0.294 e. The minimum absolute atomic E-state index is 0.0495. The van der Waals surface area contributed by atoms with Crippen LogP contribution >= 0.6 is 0 Å². The topological polar surface area (TPSA) is 47.3 Å². The summed E-state index contributed by atoms with van der Waals surface area (Å²) < 4.78 is 1.75. The fourth-order valence-corrected chi connectivity index (χ4v) is 1.62. The average molecular weight is 189 g/mol. The highest BCUT2D eigenvalue weighted by Gasteiger charge is 2.12. The standard InChI is InChI=1S/C10H11N3O/c1-6-4-9(8(3)14)10-7(2)11-5-12-13(6)10/h4-5H,1-3H3. The van der Waals surface area contributed by atoms with E-state index in [-0.39, 0.29) is 5.78 Å². The van der Waals surface area contributed by atoms with Crippen molar-refractivity contribution in [2.24, 2.45) is 0 Å². The molecule has 4 heteroatoms. The fraction of sp³-hybridized carbons (Fsp3) is 0.300. The molecule has 0 saturated carbocycles. The molecule has 2 heterocycles. The van der Waals surface area contributed by atoms with Crippen molar-refractivity contribution in [1.82, 2.24) is 14.6 Å². The van der Waals surface area contributed by atoms with Gasteiger partial charge in [-0.05, 0) is 26.8 Å². The lowest BCUT2D eigenvalue weighted by molar-refractivity contribution is 0.101. The maximum Gasteiger partial charge on any atom is 0.162 e. The van der Waals surface area contributed by atoms with Crippen LogP contribution in [-0.2, 0) is 0 Å². The molecule has 0 spiro atoms. The van der Waals surface area contributed by atoms with Crippen LogP contribution in [0.5, 0.6) is 0 Å². The second-order valence-electron chi connectivity index (χ2n) is 3.36. The van der Waals surface area contributed by atoms with Gasteiger partial charge >= 0.3 is 0 Å². The molecule has 0 radical (unpaired) electrons. The van der Waals surface area contributed by atoms with Crippen LogP contribution in [0.2, 0.25) is 0 Å². The molecule has 2 aromatic heterocycles. The van der Waals surface area contributed by atoms with Crippen molar-refractivity contribution in [2.45, 2.75) is 20.8 Å². The van der Waals surface area contributed by atoms with E-state index in [1.165, 1.54) is 6.33 Å². The number of nitrogens with zero attached hydrogens (tertiary/aromatic N) is 3. The first-order valence-corrected chi connectivity index (χ1v) is 4.42. The summed E-state index contributed by atoms with van der Waals surface area (Å²) in [6.45, 7) is 5.36. The van der Waals surface area contributed by atoms with Gasteiger partial charge in [0.2, 0.25) is 0 Å². The zero-order chi connectivity index (χ0) is 10.3. The maximum atomic E-state index is 11.4. The smallest absolute Gasteiger partial charge is 0.162 e. The van der Waals surface area contributed by atoms with Gasteiger partial charge in [0.25, 0.3) is 0 Å². The van der Waals surface area contributed by atoms with Crippen LogP contribution in [0.1, 0.15) is 28.7 Å². The largest absolute Gasteiger partial charge is 0.294 e. The molecule has 0 aliphatic heterocycles. The van der Waals surface area contributed by atoms with Crippen LogP contribution < -0.4 is 0 Å². The Morgan fingerprint density at radius 1 is 1.43 bits per heavy atom. The van der Waals surface area contributed by atoms with Crippen molar-refractivity contribution in [2.75, 3.05) is 0 Å². The summed E-state index contributed by atoms with van der Waals surface area (Å²) in [6, 6.07) is 1.85. The number of aromatic nitrogens is 3. The van der Waals surface area contributed by atoms with Gasteiger partial charge in [-0.2, -0.15) is 5.10 Å². The predicted octanol–water partition coefficient (Wildman–Crippen LogP) is 1.55. The Hall–Kier alpha value is -1.71. The molecule has 0 aliphatic carbocycles. The van der Waals surface area contributed by atoms with Gasteiger partial charge in [0, 0.05) is 11.3 Å². The lowest BCUT2D eigenvalue weighted by atomic mass is 10.2. The molecule has 0 amide bonds. The number of Topliss-reactive ketones (excluding diaryl/α,β-unsaturated/α-hetero) is 1. The minimum atomic E-state index is 0.0495. The molecule has 14 heavy (non-hydrogen) atoms. The summed E-state index contributed by atoms with van der Waals surface area (Å²) in [7, 11) is 0. The van der Waals surface area contributed by atoms with E-state index in [4.69, 9.17) is 0 Å². The third-order valence-electron chi connectivity index (χ3n) is 2.29. The quantitative estimate of drug-likeness (QED) is 0.639. The lowest BCUT2D eigenvalue weighted by Gasteiger charge is -1.99. The third kappa shape index (κ3) is 1.11. The Balaban J connectivity index is 2.93. The second kappa shape index (κ2) is 2.90. The first-order valence-electron chi connectivity index (χ1n) is 4.42. The zero-order valence-corrected chi connectivity index (χ0v) is 8.40. The maximum absolute atomic E-state index is 11.4. The Bertz CT molecular complexity index is 513. The van der Waals surface area contributed by atoms with E-state index >= 15 is 0 Å². The first-order chi connectivity index (χ1) is 6.61. The molecule has 0 saturated heterocycles. The average Bonchev–Trinajstić information content (AvgIpc) is 2.46. The number of carbonyl (C=O) groups is 1. The molecule has 72 valence electrons. The molecule has 0 fully saturated rings. The van der Waals surface area contributed by atoms with Crippen molar-refractivity contribution in [3.05, 3.63) is 29.3 Å². The van der Waals surface area contributed by atoms with Gasteiger partial charge in [-0.3, -0.25) is 4.79 Å². The summed E-state index contributed by atoms with van der Waals surface area (Å²) in [5.41, 5.74) is 3.30. The van der Waals surface area contributed by atoms with Gasteiger partial charge in [-0.1, -0.05) is 0 Å². The zero-order valence-electron chi connectivity index (χ0n) is 8.40. The molecule has 0 unspecified atom stereocenters. The van der Waals surface area contributed by atoms with Crippen LogP contribution in [0.25, 0.3) is 5.52 Å². The number of aryl methyl sites for hydroxylation is 2. The number of fused-ring (bicyclic) bond motifs is 1. The SMILES string of the molecule is CC(=O)c1cc(C)n2ncnc(C)c12. The van der Waals surface area contributed by atoms with Crippen LogP contribution in [0.4, 0.5) is 0 Å². The highest BCUT2D eigenvalue weighted by Crippen LogP contribution is 2.17. The van der Waals surface area contributed by atoms with Crippen LogP contribution in [0, 0.1) is 13.8 Å². The van der Waals surface area contributed by atoms with Gasteiger partial charge < -0.3 is 0 Å². The Morgan fingerprint density at radius 2 is 2.14 bits per heavy atom. The van der Waals surface area contributed by atoms with Crippen molar-refractivity contribution in [3.63, 3.8) is 0 Å². The summed E-state index contributed by atoms with van der Waals surface area (Å²) in [5.74, 6) is 0.0495. The third-order valence-corrected chi connectivity index (χ3v) is 2.29. The van der Waals surface area contributed by atoms with Gasteiger partial charge in [-0.25, -0.2) is 9.50 Å². The summed E-state index contributed by atoms with van der Waals surface area (Å²) in [4.78, 5) is 15.4. The Labute approximate surface area is 81.6 Å². The number of carbonyl (C=O) groups excluding carboxylic acids is 1. The molecule has 0 aromatic carbocycles. The number of ketones is 1. The molecular formula is C10H11N3O. The van der Waals surface area contributed by atoms with Crippen LogP contribution in [0.15, 0.2) is 12.4 Å². The normalized spacial score (nSPS) is 10.8. The summed E-state index contributed by atoms with van der Waals surface area (Å²) in [6.07, 6.45) is 1.50. The molecule has 0 aliphatic rings. The summed E-state index contributed by atoms with van der Waals surface area (Å²) in [5, 5.41) is 4.10. The van der Waals surface area contributed by atoms with E-state index < -0.39 is 0 Å². The number of hydrogen-bond acceptors (Lipinski definition) is 3.